The number of carbonyl (C=O) groups excluding carboxylic acids is 1. The predicted molar refractivity (Wildman–Crippen MR) is 80.0 cm³/mol. The van der Waals surface area contributed by atoms with Crippen LogP contribution < -0.4 is 11.1 Å². The van der Waals surface area contributed by atoms with Gasteiger partial charge in [0.2, 0.25) is 5.91 Å². The molecule has 1 aliphatic carbocycles. The molecule has 4 nitrogen and oxygen atoms in total. The Labute approximate surface area is 118 Å². The smallest absolute Gasteiger partial charge is 0.234 e. The van der Waals surface area contributed by atoms with E-state index in [2.05, 4.69) is 24.1 Å². The fourth-order valence-electron chi connectivity index (χ4n) is 2.67. The number of hydrogen-bond acceptors (Lipinski definition) is 3. The lowest BCUT2D eigenvalue weighted by Crippen LogP contribution is -2.53. The molecule has 4 heteroatoms. The van der Waals surface area contributed by atoms with Crippen LogP contribution in [0, 0.1) is 0 Å². The van der Waals surface area contributed by atoms with Crippen LogP contribution in [0.5, 0.6) is 0 Å². The van der Waals surface area contributed by atoms with E-state index in [4.69, 9.17) is 5.73 Å². The molecule has 0 saturated heterocycles. The lowest BCUT2D eigenvalue weighted by atomic mass is 9.97. The van der Waals surface area contributed by atoms with Crippen molar-refractivity contribution in [2.75, 3.05) is 20.1 Å². The molecule has 0 radical (unpaired) electrons. The van der Waals surface area contributed by atoms with Gasteiger partial charge >= 0.3 is 0 Å². The Morgan fingerprint density at radius 1 is 1.32 bits per heavy atom. The highest BCUT2D eigenvalue weighted by molar-refractivity contribution is 5.78. The van der Waals surface area contributed by atoms with Crippen molar-refractivity contribution in [3.05, 3.63) is 0 Å². The quantitative estimate of drug-likeness (QED) is 0.724. The first-order valence-electron chi connectivity index (χ1n) is 7.72. The summed E-state index contributed by atoms with van der Waals surface area (Å²) in [6.07, 6.45) is 8.35. The summed E-state index contributed by atoms with van der Waals surface area (Å²) < 4.78 is 0. The summed E-state index contributed by atoms with van der Waals surface area (Å²) in [5.41, 5.74) is 5.74. The molecule has 1 saturated carbocycles. The molecule has 0 heterocycles. The molecule has 112 valence electrons. The zero-order valence-corrected chi connectivity index (χ0v) is 12.9. The van der Waals surface area contributed by atoms with Gasteiger partial charge in [0.25, 0.3) is 0 Å². The van der Waals surface area contributed by atoms with Crippen LogP contribution in [-0.2, 0) is 4.79 Å². The minimum Gasteiger partial charge on any atom is -0.352 e. The molecule has 1 amide bonds. The minimum absolute atomic E-state index is 0.0825. The second-order valence-electron chi connectivity index (χ2n) is 6.17. The van der Waals surface area contributed by atoms with E-state index in [1.54, 1.807) is 0 Å². The second-order valence-corrected chi connectivity index (χ2v) is 6.17. The first-order chi connectivity index (χ1) is 9.01. The van der Waals surface area contributed by atoms with Gasteiger partial charge in [-0.2, -0.15) is 0 Å². The largest absolute Gasteiger partial charge is 0.352 e. The van der Waals surface area contributed by atoms with Crippen molar-refractivity contribution >= 4 is 5.91 Å². The van der Waals surface area contributed by atoms with E-state index in [1.807, 2.05) is 7.05 Å². The maximum Gasteiger partial charge on any atom is 0.234 e. The minimum atomic E-state index is -0.0825. The summed E-state index contributed by atoms with van der Waals surface area (Å²) in [6.45, 7) is 5.26. The zero-order chi connectivity index (χ0) is 14.3. The van der Waals surface area contributed by atoms with Crippen LogP contribution >= 0.6 is 0 Å². The Balaban J connectivity index is 2.41. The molecule has 0 aromatic rings. The Morgan fingerprint density at radius 2 is 1.89 bits per heavy atom. The molecule has 1 atom stereocenters. The number of nitrogens with zero attached hydrogens (tertiary/aromatic N) is 1. The Kier molecular flexibility index (Phi) is 6.80. The van der Waals surface area contributed by atoms with Gasteiger partial charge in [-0.3, -0.25) is 9.69 Å². The molecule has 1 aliphatic rings. The highest BCUT2D eigenvalue weighted by Gasteiger charge is 2.27. The van der Waals surface area contributed by atoms with Gasteiger partial charge in [0, 0.05) is 18.1 Å². The second kappa shape index (κ2) is 7.85. The first kappa shape index (κ1) is 16.4. The molecule has 0 aromatic heterocycles. The van der Waals surface area contributed by atoms with E-state index >= 15 is 0 Å². The lowest BCUT2D eigenvalue weighted by Gasteiger charge is -2.37. The van der Waals surface area contributed by atoms with Gasteiger partial charge in [-0.15, -0.1) is 0 Å². The summed E-state index contributed by atoms with van der Waals surface area (Å²) in [5, 5.41) is 3.19. The van der Waals surface area contributed by atoms with Crippen LogP contribution in [0.15, 0.2) is 0 Å². The van der Waals surface area contributed by atoms with Crippen LogP contribution in [0.4, 0.5) is 0 Å². The zero-order valence-electron chi connectivity index (χ0n) is 12.9. The van der Waals surface area contributed by atoms with Crippen molar-refractivity contribution in [1.29, 1.82) is 0 Å². The molecule has 0 spiro atoms. The third kappa shape index (κ3) is 5.11. The molecular weight excluding hydrogens is 238 g/mol. The highest BCUT2D eigenvalue weighted by Crippen LogP contribution is 2.18. The molecular formula is C15H31N3O. The number of rotatable bonds is 6. The molecule has 1 unspecified atom stereocenters. The number of nitrogens with one attached hydrogen (secondary N) is 1. The van der Waals surface area contributed by atoms with Crippen molar-refractivity contribution < 1.29 is 4.79 Å². The van der Waals surface area contributed by atoms with Crippen molar-refractivity contribution in [1.82, 2.24) is 10.2 Å². The molecule has 1 fully saturated rings. The van der Waals surface area contributed by atoms with Gasteiger partial charge in [-0.25, -0.2) is 0 Å². The van der Waals surface area contributed by atoms with Crippen molar-refractivity contribution in [3.63, 3.8) is 0 Å². The van der Waals surface area contributed by atoms with Crippen LogP contribution in [0.3, 0.4) is 0 Å². The average Bonchev–Trinajstić information content (AvgIpc) is 2.66. The van der Waals surface area contributed by atoms with Gasteiger partial charge < -0.3 is 11.1 Å². The summed E-state index contributed by atoms with van der Waals surface area (Å²) in [5.74, 6) is 0.141. The van der Waals surface area contributed by atoms with Gasteiger partial charge in [-0.05, 0) is 33.2 Å². The van der Waals surface area contributed by atoms with E-state index < -0.39 is 0 Å². The summed E-state index contributed by atoms with van der Waals surface area (Å²) in [7, 11) is 1.99. The third-order valence-corrected chi connectivity index (χ3v) is 4.72. The average molecular weight is 269 g/mol. The Hall–Kier alpha value is -0.610. The predicted octanol–water partition coefficient (Wildman–Crippen LogP) is 1.88. The van der Waals surface area contributed by atoms with Crippen LogP contribution in [0.2, 0.25) is 0 Å². The van der Waals surface area contributed by atoms with E-state index in [0.29, 0.717) is 19.1 Å². The molecule has 0 aliphatic heterocycles. The number of likely N-dealkylation sites (N-methyl/N-ethyl adjacent to an activating group) is 1. The molecule has 19 heavy (non-hydrogen) atoms. The fraction of sp³-hybridized carbons (Fsp3) is 0.933. The molecule has 3 N–H and O–H groups in total. The van der Waals surface area contributed by atoms with Gasteiger partial charge in [-0.1, -0.05) is 32.6 Å². The fourth-order valence-corrected chi connectivity index (χ4v) is 2.67. The van der Waals surface area contributed by atoms with Crippen LogP contribution in [0.25, 0.3) is 0 Å². The van der Waals surface area contributed by atoms with E-state index in [1.165, 1.54) is 25.7 Å². The lowest BCUT2D eigenvalue weighted by molar-refractivity contribution is -0.124. The van der Waals surface area contributed by atoms with Crippen molar-refractivity contribution in [3.8, 4) is 0 Å². The van der Waals surface area contributed by atoms with E-state index in [-0.39, 0.29) is 11.4 Å². The van der Waals surface area contributed by atoms with Gasteiger partial charge in [0.15, 0.2) is 0 Å². The van der Waals surface area contributed by atoms with Crippen molar-refractivity contribution in [2.24, 2.45) is 5.73 Å². The summed E-state index contributed by atoms with van der Waals surface area (Å²) in [4.78, 5) is 14.2. The van der Waals surface area contributed by atoms with Crippen LogP contribution in [-0.4, -0.2) is 42.5 Å². The molecule has 1 rings (SSSR count). The Morgan fingerprint density at radius 3 is 2.37 bits per heavy atom. The standard InChI is InChI=1S/C15H31N3O/c1-4-15(2,12-16)18(3)11-14(19)17-13-9-7-5-6-8-10-13/h13H,4-12,16H2,1-3H3,(H,17,19). The third-order valence-electron chi connectivity index (χ3n) is 4.72. The van der Waals surface area contributed by atoms with E-state index in [9.17, 15) is 4.79 Å². The monoisotopic (exact) mass is 269 g/mol. The normalized spacial score (nSPS) is 20.9. The summed E-state index contributed by atoms with van der Waals surface area (Å²) in [6, 6.07) is 0.383. The maximum absolute atomic E-state index is 12.1. The maximum atomic E-state index is 12.1. The van der Waals surface area contributed by atoms with Gasteiger partial charge in [0.1, 0.15) is 0 Å². The summed E-state index contributed by atoms with van der Waals surface area (Å²) >= 11 is 0. The topological polar surface area (TPSA) is 58.4 Å². The van der Waals surface area contributed by atoms with Gasteiger partial charge in [0.05, 0.1) is 6.54 Å². The number of hydrogen-bond donors (Lipinski definition) is 2. The molecule has 0 bridgehead atoms. The molecule has 0 aromatic carbocycles. The first-order valence-corrected chi connectivity index (χ1v) is 7.72. The Bertz CT molecular complexity index is 269. The highest BCUT2D eigenvalue weighted by atomic mass is 16.2. The SMILES string of the molecule is CCC(C)(CN)N(C)CC(=O)NC1CCCCCC1. The number of nitrogens with two attached hydrogens (primary N) is 1. The van der Waals surface area contributed by atoms with Crippen LogP contribution in [0.1, 0.15) is 58.8 Å². The number of carbonyl (C=O) groups is 1. The number of amides is 1. The van der Waals surface area contributed by atoms with E-state index in [0.717, 1.165) is 19.3 Å². The van der Waals surface area contributed by atoms with Crippen molar-refractivity contribution in [2.45, 2.75) is 70.4 Å².